The van der Waals surface area contributed by atoms with Gasteiger partial charge in [0, 0.05) is 31.9 Å². The van der Waals surface area contributed by atoms with Crippen LogP contribution < -0.4 is 15.5 Å². The Bertz CT molecular complexity index is 549. The summed E-state index contributed by atoms with van der Waals surface area (Å²) in [6, 6.07) is 3.49. The third kappa shape index (κ3) is 4.86. The van der Waals surface area contributed by atoms with Gasteiger partial charge in [0.1, 0.15) is 11.9 Å². The zero-order valence-electron chi connectivity index (χ0n) is 13.4. The van der Waals surface area contributed by atoms with Gasteiger partial charge < -0.3 is 20.3 Å². The molecule has 0 radical (unpaired) electrons. The fraction of sp³-hybridized carbons (Fsp3) is 0.600. The van der Waals surface area contributed by atoms with Crippen molar-refractivity contribution < 1.29 is 9.53 Å². The molecule has 0 aromatic carbocycles. The molecular weight excluding hydrogens is 375 g/mol. The summed E-state index contributed by atoms with van der Waals surface area (Å²) in [5, 5.41) is 6.96. The van der Waals surface area contributed by atoms with Crippen molar-refractivity contribution in [2.45, 2.75) is 31.5 Å². The average Bonchev–Trinajstić information content (AvgIpc) is 2.96. The largest absolute Gasteiger partial charge is 0.375 e. The predicted octanol–water partition coefficient (Wildman–Crippen LogP) is 1.65. The first kappa shape index (κ1) is 21.3. The topological polar surface area (TPSA) is 66.5 Å². The number of rotatable bonds is 3. The number of anilines is 1. The molecule has 0 bridgehead atoms. The SMILES string of the molecule is C[C@H]1OCCN[C@@H]1C(=O)NC1CCN(c2ncccc2Cl)C1.Cl.Cl. The van der Waals surface area contributed by atoms with Gasteiger partial charge in [0.05, 0.1) is 17.7 Å². The molecule has 2 fully saturated rings. The Balaban J connectivity index is 0.00000144. The van der Waals surface area contributed by atoms with Crippen LogP contribution in [0.25, 0.3) is 0 Å². The molecule has 2 aliphatic rings. The van der Waals surface area contributed by atoms with Crippen molar-refractivity contribution in [3.05, 3.63) is 23.4 Å². The van der Waals surface area contributed by atoms with Gasteiger partial charge in [0.25, 0.3) is 0 Å². The van der Waals surface area contributed by atoms with Crippen LogP contribution in [-0.2, 0) is 9.53 Å². The molecule has 136 valence electrons. The number of ether oxygens (including phenoxy) is 1. The van der Waals surface area contributed by atoms with Crippen LogP contribution in [0.2, 0.25) is 5.02 Å². The second-order valence-electron chi connectivity index (χ2n) is 5.76. The lowest BCUT2D eigenvalue weighted by Crippen LogP contribution is -2.57. The first-order chi connectivity index (χ1) is 10.6. The van der Waals surface area contributed by atoms with Gasteiger partial charge in [0.2, 0.25) is 5.91 Å². The van der Waals surface area contributed by atoms with E-state index in [1.807, 2.05) is 19.1 Å². The minimum absolute atomic E-state index is 0. The molecule has 6 nitrogen and oxygen atoms in total. The van der Waals surface area contributed by atoms with Gasteiger partial charge in [-0.05, 0) is 25.5 Å². The fourth-order valence-electron chi connectivity index (χ4n) is 3.00. The Morgan fingerprint density at radius 2 is 2.29 bits per heavy atom. The van der Waals surface area contributed by atoms with E-state index in [0.717, 1.165) is 25.3 Å². The predicted molar refractivity (Wildman–Crippen MR) is 99.7 cm³/mol. The zero-order chi connectivity index (χ0) is 15.5. The lowest BCUT2D eigenvalue weighted by molar-refractivity contribution is -0.129. The van der Waals surface area contributed by atoms with E-state index in [4.69, 9.17) is 16.3 Å². The summed E-state index contributed by atoms with van der Waals surface area (Å²) < 4.78 is 5.52. The van der Waals surface area contributed by atoms with E-state index in [9.17, 15) is 4.79 Å². The van der Waals surface area contributed by atoms with E-state index >= 15 is 0 Å². The van der Waals surface area contributed by atoms with Crippen molar-refractivity contribution >= 4 is 48.1 Å². The minimum Gasteiger partial charge on any atom is -0.375 e. The molecule has 24 heavy (non-hydrogen) atoms. The van der Waals surface area contributed by atoms with E-state index in [0.29, 0.717) is 18.2 Å². The van der Waals surface area contributed by atoms with E-state index in [2.05, 4.69) is 20.5 Å². The number of carbonyl (C=O) groups excluding carboxylic acids is 1. The molecule has 0 saturated carbocycles. The molecule has 1 aromatic heterocycles. The van der Waals surface area contributed by atoms with Crippen molar-refractivity contribution in [1.29, 1.82) is 0 Å². The molecule has 3 rings (SSSR count). The summed E-state index contributed by atoms with van der Waals surface area (Å²) in [5.74, 6) is 0.791. The number of hydrogen-bond acceptors (Lipinski definition) is 5. The Morgan fingerprint density at radius 1 is 1.50 bits per heavy atom. The van der Waals surface area contributed by atoms with E-state index in [1.54, 1.807) is 6.20 Å². The Hall–Kier alpha value is -0.790. The number of morpholine rings is 1. The molecule has 1 aromatic rings. The highest BCUT2D eigenvalue weighted by Gasteiger charge is 2.32. The van der Waals surface area contributed by atoms with Gasteiger partial charge in [-0.2, -0.15) is 0 Å². The summed E-state index contributed by atoms with van der Waals surface area (Å²) >= 11 is 6.18. The summed E-state index contributed by atoms with van der Waals surface area (Å²) in [4.78, 5) is 18.8. The lowest BCUT2D eigenvalue weighted by Gasteiger charge is -2.30. The van der Waals surface area contributed by atoms with Crippen LogP contribution in [0.5, 0.6) is 0 Å². The summed E-state index contributed by atoms with van der Waals surface area (Å²) in [5.41, 5.74) is 0. The number of amides is 1. The van der Waals surface area contributed by atoms with E-state index < -0.39 is 0 Å². The van der Waals surface area contributed by atoms with Gasteiger partial charge in [0.15, 0.2) is 0 Å². The quantitative estimate of drug-likeness (QED) is 0.812. The average molecular weight is 398 g/mol. The van der Waals surface area contributed by atoms with Crippen LogP contribution in [-0.4, -0.2) is 55.3 Å². The maximum absolute atomic E-state index is 12.4. The first-order valence-corrected chi connectivity index (χ1v) is 8.04. The summed E-state index contributed by atoms with van der Waals surface area (Å²) in [6.07, 6.45) is 2.52. The smallest absolute Gasteiger partial charge is 0.240 e. The highest BCUT2D eigenvalue weighted by Crippen LogP contribution is 2.25. The summed E-state index contributed by atoms with van der Waals surface area (Å²) in [6.45, 7) is 4.85. The molecule has 1 amide bonds. The Labute approximate surface area is 159 Å². The zero-order valence-corrected chi connectivity index (χ0v) is 15.8. The number of carbonyl (C=O) groups is 1. The van der Waals surface area contributed by atoms with Crippen LogP contribution >= 0.6 is 36.4 Å². The van der Waals surface area contributed by atoms with Crippen LogP contribution in [0.15, 0.2) is 18.3 Å². The van der Waals surface area contributed by atoms with Gasteiger partial charge in [-0.3, -0.25) is 4.79 Å². The fourth-order valence-corrected chi connectivity index (χ4v) is 3.24. The molecule has 0 spiro atoms. The number of pyridine rings is 1. The van der Waals surface area contributed by atoms with Crippen molar-refractivity contribution in [1.82, 2.24) is 15.6 Å². The maximum atomic E-state index is 12.4. The van der Waals surface area contributed by atoms with Crippen molar-refractivity contribution in [2.24, 2.45) is 0 Å². The van der Waals surface area contributed by atoms with Gasteiger partial charge >= 0.3 is 0 Å². The molecule has 0 aliphatic carbocycles. The first-order valence-electron chi connectivity index (χ1n) is 7.66. The molecular formula is C15H23Cl3N4O2. The standard InChI is InChI=1S/C15H21ClN4O2.2ClH/c1-10-13(17-6-8-22-10)15(21)19-11-4-7-20(9-11)14-12(16)3-2-5-18-14;;/h2-3,5,10-11,13,17H,4,6-9H2,1H3,(H,19,21);2*1H/t10-,11?,13+;;/m1../s1. The lowest BCUT2D eigenvalue weighted by atomic mass is 10.1. The molecule has 2 aliphatic heterocycles. The van der Waals surface area contributed by atoms with Gasteiger partial charge in [-0.15, -0.1) is 24.8 Å². The van der Waals surface area contributed by atoms with Gasteiger partial charge in [-0.1, -0.05) is 11.6 Å². The molecule has 3 heterocycles. The Morgan fingerprint density at radius 3 is 3.00 bits per heavy atom. The molecule has 3 atom stereocenters. The molecule has 9 heteroatoms. The number of nitrogens with one attached hydrogen (secondary N) is 2. The molecule has 1 unspecified atom stereocenters. The van der Waals surface area contributed by atoms with Crippen molar-refractivity contribution in [2.75, 3.05) is 31.1 Å². The van der Waals surface area contributed by atoms with Crippen LogP contribution in [0, 0.1) is 0 Å². The third-order valence-electron chi connectivity index (χ3n) is 4.17. The Kier molecular flexibility index (Phi) is 8.53. The number of halogens is 3. The van der Waals surface area contributed by atoms with Crippen LogP contribution in [0.3, 0.4) is 0 Å². The molecule has 2 saturated heterocycles. The van der Waals surface area contributed by atoms with E-state index in [1.165, 1.54) is 0 Å². The molecule has 2 N–H and O–H groups in total. The second-order valence-corrected chi connectivity index (χ2v) is 6.16. The second kappa shape index (κ2) is 9.63. The summed E-state index contributed by atoms with van der Waals surface area (Å²) in [7, 11) is 0. The van der Waals surface area contributed by atoms with Crippen molar-refractivity contribution in [3.63, 3.8) is 0 Å². The normalized spacial score (nSPS) is 26.2. The third-order valence-corrected chi connectivity index (χ3v) is 4.47. The monoisotopic (exact) mass is 396 g/mol. The number of aromatic nitrogens is 1. The van der Waals surface area contributed by atoms with Gasteiger partial charge in [-0.25, -0.2) is 4.98 Å². The van der Waals surface area contributed by atoms with Crippen LogP contribution in [0.4, 0.5) is 5.82 Å². The highest BCUT2D eigenvalue weighted by atomic mass is 35.5. The van der Waals surface area contributed by atoms with Crippen LogP contribution in [0.1, 0.15) is 13.3 Å². The maximum Gasteiger partial charge on any atom is 0.240 e. The highest BCUT2D eigenvalue weighted by molar-refractivity contribution is 6.32. The number of hydrogen-bond donors (Lipinski definition) is 2. The van der Waals surface area contributed by atoms with E-state index in [-0.39, 0.29) is 48.9 Å². The minimum atomic E-state index is -0.277. The number of nitrogens with zero attached hydrogens (tertiary/aromatic N) is 2. The van der Waals surface area contributed by atoms with Crippen molar-refractivity contribution in [3.8, 4) is 0 Å².